The quantitative estimate of drug-likeness (QED) is 0.608. The normalized spacial score (nSPS) is 13.8. The first-order valence-electron chi connectivity index (χ1n) is 8.96. The maximum Gasteiger partial charge on any atom is 0.143 e. The number of ketones is 1. The summed E-state index contributed by atoms with van der Waals surface area (Å²) in [6, 6.07) is 0. The molecule has 0 bridgehead atoms. The molecule has 0 aromatic heterocycles. The molecule has 0 radical (unpaired) electrons. The molecule has 0 fully saturated rings. The highest BCUT2D eigenvalue weighted by Gasteiger charge is 2.36. The second-order valence-electron chi connectivity index (χ2n) is 10.1. The SMILES string of the molecule is CC(C)(CCNC(=S)C(C)(C)C)OCCC(C)(C)C(=O)C(C)(C)C. The first-order valence-corrected chi connectivity index (χ1v) is 9.37. The number of rotatable bonds is 8. The van der Waals surface area contributed by atoms with E-state index in [-0.39, 0.29) is 27.6 Å². The number of Topliss-reactive ketones (excluding diaryl/α,β-unsaturated/α-hetero) is 1. The van der Waals surface area contributed by atoms with Crippen LogP contribution in [0.3, 0.4) is 0 Å². The fourth-order valence-corrected chi connectivity index (χ4v) is 2.63. The summed E-state index contributed by atoms with van der Waals surface area (Å²) in [5.41, 5.74) is -0.912. The average molecular weight is 358 g/mol. The molecule has 3 nitrogen and oxygen atoms in total. The summed E-state index contributed by atoms with van der Waals surface area (Å²) in [5, 5.41) is 3.32. The summed E-state index contributed by atoms with van der Waals surface area (Å²) < 4.78 is 6.06. The van der Waals surface area contributed by atoms with Gasteiger partial charge in [-0.05, 0) is 26.7 Å². The molecule has 142 valence electrons. The highest BCUT2D eigenvalue weighted by Crippen LogP contribution is 2.32. The fourth-order valence-electron chi connectivity index (χ4n) is 2.53. The Balaban J connectivity index is 4.34. The van der Waals surface area contributed by atoms with E-state index in [0.29, 0.717) is 6.61 Å². The lowest BCUT2D eigenvalue weighted by molar-refractivity contribution is -0.137. The Hall–Kier alpha value is -0.480. The molecule has 1 N–H and O–H groups in total. The number of ether oxygens (including phenoxy) is 1. The summed E-state index contributed by atoms with van der Waals surface area (Å²) in [6.45, 7) is 21.9. The fraction of sp³-hybridized carbons (Fsp3) is 0.900. The first-order chi connectivity index (χ1) is 10.5. The summed E-state index contributed by atoms with van der Waals surface area (Å²) in [6.07, 6.45) is 1.61. The summed E-state index contributed by atoms with van der Waals surface area (Å²) >= 11 is 5.39. The van der Waals surface area contributed by atoms with E-state index in [4.69, 9.17) is 17.0 Å². The number of hydrogen-bond acceptors (Lipinski definition) is 3. The van der Waals surface area contributed by atoms with Gasteiger partial charge in [-0.15, -0.1) is 0 Å². The molecule has 0 aromatic rings. The molecule has 0 aliphatic rings. The molecule has 24 heavy (non-hydrogen) atoms. The van der Waals surface area contributed by atoms with E-state index >= 15 is 0 Å². The van der Waals surface area contributed by atoms with E-state index in [9.17, 15) is 4.79 Å². The molecule has 0 aliphatic heterocycles. The van der Waals surface area contributed by atoms with Gasteiger partial charge in [0.15, 0.2) is 0 Å². The van der Waals surface area contributed by atoms with Gasteiger partial charge >= 0.3 is 0 Å². The van der Waals surface area contributed by atoms with E-state index in [1.165, 1.54) is 0 Å². The molecule has 4 heteroatoms. The number of thiocarbonyl (C=S) groups is 1. The zero-order chi connectivity index (χ0) is 19.4. The van der Waals surface area contributed by atoms with Crippen LogP contribution < -0.4 is 5.32 Å². The van der Waals surface area contributed by atoms with Crippen LogP contribution in [0.4, 0.5) is 0 Å². The van der Waals surface area contributed by atoms with Crippen molar-refractivity contribution in [2.24, 2.45) is 16.2 Å². The molecule has 0 aromatic carbocycles. The van der Waals surface area contributed by atoms with Gasteiger partial charge in [-0.1, -0.05) is 67.6 Å². The van der Waals surface area contributed by atoms with Crippen LogP contribution >= 0.6 is 12.2 Å². The third-order valence-electron chi connectivity index (χ3n) is 4.21. The van der Waals surface area contributed by atoms with Crippen molar-refractivity contribution in [2.75, 3.05) is 13.2 Å². The second-order valence-corrected chi connectivity index (χ2v) is 10.5. The number of carbonyl (C=O) groups excluding carboxylic acids is 1. The Morgan fingerprint density at radius 1 is 0.875 bits per heavy atom. The van der Waals surface area contributed by atoms with Crippen molar-refractivity contribution in [3.05, 3.63) is 0 Å². The van der Waals surface area contributed by atoms with E-state index in [1.54, 1.807) is 0 Å². The third kappa shape index (κ3) is 8.57. The zero-order valence-corrected chi connectivity index (χ0v) is 18.4. The molecule has 0 aliphatic carbocycles. The average Bonchev–Trinajstić information content (AvgIpc) is 2.34. The van der Waals surface area contributed by atoms with Crippen molar-refractivity contribution in [3.63, 3.8) is 0 Å². The van der Waals surface area contributed by atoms with E-state index < -0.39 is 0 Å². The molecule has 0 rings (SSSR count). The third-order valence-corrected chi connectivity index (χ3v) is 4.97. The highest BCUT2D eigenvalue weighted by atomic mass is 32.1. The lowest BCUT2D eigenvalue weighted by Gasteiger charge is -2.33. The van der Waals surface area contributed by atoms with Crippen LogP contribution in [0.25, 0.3) is 0 Å². The molecule has 0 heterocycles. The Labute approximate surface area is 155 Å². The zero-order valence-electron chi connectivity index (χ0n) is 17.6. The van der Waals surface area contributed by atoms with Crippen LogP contribution in [0.5, 0.6) is 0 Å². The lowest BCUT2D eigenvalue weighted by Crippen LogP contribution is -2.39. The van der Waals surface area contributed by atoms with Crippen molar-refractivity contribution in [2.45, 2.75) is 87.7 Å². The Morgan fingerprint density at radius 3 is 1.79 bits per heavy atom. The van der Waals surface area contributed by atoms with Crippen molar-refractivity contribution < 1.29 is 9.53 Å². The maximum absolute atomic E-state index is 12.5. The molecular weight excluding hydrogens is 318 g/mol. The number of hydrogen-bond donors (Lipinski definition) is 1. The van der Waals surface area contributed by atoms with Crippen molar-refractivity contribution in [3.8, 4) is 0 Å². The van der Waals surface area contributed by atoms with Crippen LogP contribution in [0.15, 0.2) is 0 Å². The van der Waals surface area contributed by atoms with Crippen LogP contribution in [0.2, 0.25) is 0 Å². The van der Waals surface area contributed by atoms with Crippen LogP contribution in [-0.4, -0.2) is 29.5 Å². The second kappa shape index (κ2) is 8.27. The van der Waals surface area contributed by atoms with Gasteiger partial charge in [0, 0.05) is 29.4 Å². The van der Waals surface area contributed by atoms with Gasteiger partial charge in [0.1, 0.15) is 5.78 Å². The number of carbonyl (C=O) groups is 1. The molecule has 0 amide bonds. The van der Waals surface area contributed by atoms with Gasteiger partial charge in [0.25, 0.3) is 0 Å². The highest BCUT2D eigenvalue weighted by molar-refractivity contribution is 7.80. The summed E-state index contributed by atoms with van der Waals surface area (Å²) in [4.78, 5) is 13.4. The first kappa shape index (κ1) is 23.5. The number of nitrogens with one attached hydrogen (secondary N) is 1. The van der Waals surface area contributed by atoms with Crippen molar-refractivity contribution in [1.29, 1.82) is 0 Å². The summed E-state index contributed by atoms with van der Waals surface area (Å²) in [5.74, 6) is 0.286. The molecule has 0 spiro atoms. The summed E-state index contributed by atoms with van der Waals surface area (Å²) in [7, 11) is 0. The van der Waals surface area contributed by atoms with Crippen molar-refractivity contribution >= 4 is 23.0 Å². The maximum atomic E-state index is 12.5. The predicted octanol–water partition coefficient (Wildman–Crippen LogP) is 5.17. The van der Waals surface area contributed by atoms with Gasteiger partial charge in [-0.3, -0.25) is 4.79 Å². The van der Waals surface area contributed by atoms with Crippen LogP contribution in [-0.2, 0) is 9.53 Å². The minimum Gasteiger partial charge on any atom is -0.379 e. The lowest BCUT2D eigenvalue weighted by atomic mass is 9.73. The van der Waals surface area contributed by atoms with Crippen molar-refractivity contribution in [1.82, 2.24) is 5.32 Å². The molecule has 0 saturated carbocycles. The monoisotopic (exact) mass is 357 g/mol. The van der Waals surface area contributed by atoms with Gasteiger partial charge in [-0.25, -0.2) is 0 Å². The molecule has 0 atom stereocenters. The van der Waals surface area contributed by atoms with Gasteiger partial charge in [0.2, 0.25) is 0 Å². The molecule has 0 unspecified atom stereocenters. The molecular formula is C20H39NO2S. The van der Waals surface area contributed by atoms with Crippen LogP contribution in [0.1, 0.15) is 82.1 Å². The standard InChI is InChI=1S/C20H39NO2S/c1-17(2,3)15(22)19(7,8)12-14-23-20(9,10)11-13-21-16(24)18(4,5)6/h11-14H2,1-10H3,(H,21,24). The van der Waals surface area contributed by atoms with E-state index in [1.807, 2.05) is 34.6 Å². The van der Waals surface area contributed by atoms with Crippen LogP contribution in [0, 0.1) is 16.2 Å². The Morgan fingerprint density at radius 2 is 1.38 bits per heavy atom. The van der Waals surface area contributed by atoms with Gasteiger partial charge in [-0.2, -0.15) is 0 Å². The Bertz CT molecular complexity index is 440. The largest absolute Gasteiger partial charge is 0.379 e. The van der Waals surface area contributed by atoms with Gasteiger partial charge < -0.3 is 10.1 Å². The Kier molecular flexibility index (Phi) is 8.10. The van der Waals surface area contributed by atoms with E-state index in [2.05, 4.69) is 39.9 Å². The predicted molar refractivity (Wildman–Crippen MR) is 108 cm³/mol. The van der Waals surface area contributed by atoms with Gasteiger partial charge in [0.05, 0.1) is 10.6 Å². The smallest absolute Gasteiger partial charge is 0.143 e. The van der Waals surface area contributed by atoms with E-state index in [0.717, 1.165) is 24.4 Å². The molecule has 0 saturated heterocycles. The minimum atomic E-state index is -0.361. The topological polar surface area (TPSA) is 38.3 Å². The minimum absolute atomic E-state index is 0.00231.